The van der Waals surface area contributed by atoms with Gasteiger partial charge in [-0.15, -0.1) is 0 Å². The molecule has 0 fully saturated rings. The Morgan fingerprint density at radius 1 is 0.667 bits per heavy atom. The molecule has 24 heavy (non-hydrogen) atoms. The number of hydrogen-bond acceptors (Lipinski definition) is 2. The SMILES string of the molecule is C.C.CF.FCC(F)F.FCC(F)F.O=P(O)(O)O.O=P(O)(O)O. The number of phosphoric acid groups is 2. The van der Waals surface area contributed by atoms with E-state index in [0.717, 1.165) is 0 Å². The standard InChI is InChI=1S/2C2H3F3.CH3F.2CH4.2H3O4P/c2*3-1-2(4)5;1-2;;;2*1-5(2,3)4/h2*2H,1H2;1H3;2*1H4;2*(H3,1,2,3,4). The van der Waals surface area contributed by atoms with Crippen LogP contribution in [-0.4, -0.2) is 62.7 Å². The topological polar surface area (TPSA) is 156 Å². The van der Waals surface area contributed by atoms with Crippen LogP contribution in [0, 0.1) is 0 Å². The van der Waals surface area contributed by atoms with Crippen molar-refractivity contribution in [2.24, 2.45) is 0 Å². The highest BCUT2D eigenvalue weighted by Gasteiger charge is 2.00. The second-order valence-electron chi connectivity index (χ2n) is 2.12. The molecule has 0 aromatic heterocycles. The van der Waals surface area contributed by atoms with Gasteiger partial charge in [-0.3, -0.25) is 4.39 Å². The van der Waals surface area contributed by atoms with E-state index in [0.29, 0.717) is 7.18 Å². The molecule has 0 bridgehead atoms. The Hall–Kier alpha value is -0.270. The lowest BCUT2D eigenvalue weighted by atomic mass is 10.8. The predicted octanol–water partition coefficient (Wildman–Crippen LogP) is 2.44. The zero-order valence-corrected chi connectivity index (χ0v) is 12.4. The minimum atomic E-state index is -4.64. The van der Waals surface area contributed by atoms with E-state index in [4.69, 9.17) is 38.5 Å². The van der Waals surface area contributed by atoms with Crippen LogP contribution in [0.2, 0.25) is 0 Å². The van der Waals surface area contributed by atoms with Crippen LogP contribution >= 0.6 is 15.6 Å². The van der Waals surface area contributed by atoms with Crippen molar-refractivity contribution in [2.45, 2.75) is 27.7 Å². The van der Waals surface area contributed by atoms with Crippen molar-refractivity contribution in [2.75, 3.05) is 20.5 Å². The molecule has 0 saturated carbocycles. The molecule has 0 aromatic rings. The molecule has 6 N–H and O–H groups in total. The quantitative estimate of drug-likeness (QED) is 0.288. The fourth-order valence-electron chi connectivity index (χ4n) is 0. The van der Waals surface area contributed by atoms with Gasteiger partial charge in [0.25, 0.3) is 12.9 Å². The van der Waals surface area contributed by atoms with Gasteiger partial charge in [-0.1, -0.05) is 14.9 Å². The fourth-order valence-corrected chi connectivity index (χ4v) is 0. The van der Waals surface area contributed by atoms with Crippen LogP contribution in [0.4, 0.5) is 30.7 Å². The summed E-state index contributed by atoms with van der Waals surface area (Å²) in [5.41, 5.74) is 0. The highest BCUT2D eigenvalue weighted by atomic mass is 31.2. The van der Waals surface area contributed by atoms with Crippen molar-refractivity contribution >= 4 is 15.6 Å². The third kappa shape index (κ3) is 671. The third-order valence-corrected chi connectivity index (χ3v) is 0.233. The van der Waals surface area contributed by atoms with E-state index in [1.807, 2.05) is 0 Å². The second-order valence-corrected chi connectivity index (χ2v) is 4.17. The Bertz CT molecular complexity index is 241. The number of hydrogen-bond donors (Lipinski definition) is 6. The van der Waals surface area contributed by atoms with Crippen LogP contribution in [0.1, 0.15) is 14.9 Å². The van der Waals surface area contributed by atoms with Gasteiger partial charge in [0, 0.05) is 0 Å². The zero-order valence-electron chi connectivity index (χ0n) is 10.6. The summed E-state index contributed by atoms with van der Waals surface area (Å²) in [6.07, 6.45) is -5.56. The molecule has 0 radical (unpaired) electrons. The molecule has 0 aliphatic rings. The second kappa shape index (κ2) is 27.6. The van der Waals surface area contributed by atoms with Gasteiger partial charge >= 0.3 is 15.6 Å². The number of alkyl halides is 7. The maximum Gasteiger partial charge on any atom is 0.466 e. The summed E-state index contributed by atoms with van der Waals surface area (Å²) >= 11 is 0. The van der Waals surface area contributed by atoms with Crippen LogP contribution in [-0.2, 0) is 9.13 Å². The summed E-state index contributed by atoms with van der Waals surface area (Å²) < 4.78 is 89.6. The Morgan fingerprint density at radius 2 is 0.708 bits per heavy atom. The lowest BCUT2D eigenvalue weighted by Gasteiger charge is -1.82. The largest absolute Gasteiger partial charge is 0.466 e. The summed E-state index contributed by atoms with van der Waals surface area (Å²) in [7, 11) is -8.78. The van der Waals surface area contributed by atoms with Crippen molar-refractivity contribution in [1.82, 2.24) is 0 Å². The number of halogens is 7. The van der Waals surface area contributed by atoms with Gasteiger partial charge in [0.2, 0.25) is 0 Å². The highest BCUT2D eigenvalue weighted by molar-refractivity contribution is 7.45. The van der Waals surface area contributed by atoms with Crippen LogP contribution < -0.4 is 0 Å². The summed E-state index contributed by atoms with van der Waals surface area (Å²) in [4.78, 5) is 43.1. The predicted molar refractivity (Wildman–Crippen MR) is 73.0 cm³/mol. The van der Waals surface area contributed by atoms with Gasteiger partial charge in [-0.05, 0) is 0 Å². The molecule has 0 aliphatic carbocycles. The number of rotatable bonds is 2. The fraction of sp³-hybridized carbons (Fsp3) is 1.00. The molecule has 8 nitrogen and oxygen atoms in total. The van der Waals surface area contributed by atoms with E-state index < -0.39 is 41.8 Å². The molecule has 17 heteroatoms. The first-order chi connectivity index (χ1) is 9.54. The zero-order chi connectivity index (χ0) is 19.6. The lowest BCUT2D eigenvalue weighted by molar-refractivity contribution is 0.113. The molecule has 0 unspecified atom stereocenters. The van der Waals surface area contributed by atoms with Crippen molar-refractivity contribution in [3.05, 3.63) is 0 Å². The molecular formula is C7H23F7O8P2. The lowest BCUT2D eigenvalue weighted by Crippen LogP contribution is -1.88. The van der Waals surface area contributed by atoms with Crippen molar-refractivity contribution < 1.29 is 69.2 Å². The van der Waals surface area contributed by atoms with Crippen molar-refractivity contribution in [1.29, 1.82) is 0 Å². The van der Waals surface area contributed by atoms with Crippen molar-refractivity contribution in [3.63, 3.8) is 0 Å². The average molecular weight is 430 g/mol. The Morgan fingerprint density at radius 3 is 0.708 bits per heavy atom. The first-order valence-corrected chi connectivity index (χ1v) is 7.30. The van der Waals surface area contributed by atoms with E-state index in [1.165, 1.54) is 0 Å². The summed E-state index contributed by atoms with van der Waals surface area (Å²) in [6.45, 7) is -3.06. The van der Waals surface area contributed by atoms with Gasteiger partial charge in [-0.2, -0.15) is 0 Å². The van der Waals surface area contributed by atoms with Crippen LogP contribution in [0.25, 0.3) is 0 Å². The molecule has 0 aromatic carbocycles. The summed E-state index contributed by atoms with van der Waals surface area (Å²) in [5, 5.41) is 0. The Balaban J connectivity index is -0.0000000302. The van der Waals surface area contributed by atoms with E-state index in [1.54, 1.807) is 0 Å². The summed E-state index contributed by atoms with van der Waals surface area (Å²) in [6, 6.07) is 0. The minimum absolute atomic E-state index is 0. The van der Waals surface area contributed by atoms with E-state index in [2.05, 4.69) is 0 Å². The van der Waals surface area contributed by atoms with E-state index in [9.17, 15) is 30.7 Å². The van der Waals surface area contributed by atoms with E-state index in [-0.39, 0.29) is 14.9 Å². The average Bonchev–Trinajstić information content (AvgIpc) is 2.28. The molecule has 0 aliphatic heterocycles. The first-order valence-electron chi connectivity index (χ1n) is 4.17. The molecule has 0 atom stereocenters. The molecule has 0 heterocycles. The van der Waals surface area contributed by atoms with Crippen LogP contribution in [0.5, 0.6) is 0 Å². The Kier molecular flexibility index (Phi) is 50.3. The van der Waals surface area contributed by atoms with E-state index >= 15 is 0 Å². The van der Waals surface area contributed by atoms with Gasteiger partial charge in [0.1, 0.15) is 0 Å². The molecular weight excluding hydrogens is 407 g/mol. The molecule has 0 amide bonds. The van der Waals surface area contributed by atoms with Gasteiger partial charge < -0.3 is 29.4 Å². The Labute approximate surface area is 134 Å². The molecule has 0 rings (SSSR count). The first kappa shape index (κ1) is 43.8. The van der Waals surface area contributed by atoms with Gasteiger partial charge in [0.15, 0.2) is 13.3 Å². The van der Waals surface area contributed by atoms with Gasteiger partial charge in [0.05, 0.1) is 7.18 Å². The maximum absolute atomic E-state index is 10.4. The molecule has 0 spiro atoms. The van der Waals surface area contributed by atoms with Crippen LogP contribution in [0.3, 0.4) is 0 Å². The van der Waals surface area contributed by atoms with Crippen molar-refractivity contribution in [3.8, 4) is 0 Å². The third-order valence-electron chi connectivity index (χ3n) is 0.233. The molecule has 158 valence electrons. The molecule has 0 saturated heterocycles. The monoisotopic (exact) mass is 430 g/mol. The smallest absolute Gasteiger partial charge is 0.303 e. The summed E-state index contributed by atoms with van der Waals surface area (Å²) in [5.74, 6) is 0. The normalized spacial score (nSPS) is 9.17. The minimum Gasteiger partial charge on any atom is -0.303 e. The van der Waals surface area contributed by atoms with Crippen LogP contribution in [0.15, 0.2) is 0 Å². The highest BCUT2D eigenvalue weighted by Crippen LogP contribution is 2.26. The maximum atomic E-state index is 10.4. The van der Waals surface area contributed by atoms with Gasteiger partial charge in [-0.25, -0.2) is 35.5 Å².